The van der Waals surface area contributed by atoms with Gasteiger partial charge in [0.15, 0.2) is 0 Å². The number of aryl methyl sites for hydroxylation is 1. The van der Waals surface area contributed by atoms with E-state index in [2.05, 4.69) is 0 Å². The molecule has 1 aromatic carbocycles. The molecule has 2 atom stereocenters. The number of thioether (sulfide) groups is 1. The van der Waals surface area contributed by atoms with Crippen LogP contribution in [0.2, 0.25) is 0 Å². The molecule has 1 amide bonds. The molecule has 150 valence electrons. The van der Waals surface area contributed by atoms with Crippen LogP contribution in [-0.4, -0.2) is 64.0 Å². The fourth-order valence-corrected chi connectivity index (χ4v) is 4.28. The first-order valence-electron chi connectivity index (χ1n) is 9.50. The van der Waals surface area contributed by atoms with Crippen molar-refractivity contribution in [1.82, 2.24) is 4.90 Å². The fraction of sp³-hybridized carbons (Fsp3) is 0.600. The van der Waals surface area contributed by atoms with E-state index in [1.807, 2.05) is 24.0 Å². The first-order valence-corrected chi connectivity index (χ1v) is 10.5. The van der Waals surface area contributed by atoms with Gasteiger partial charge in [-0.3, -0.25) is 4.79 Å². The van der Waals surface area contributed by atoms with Crippen LogP contribution in [0.1, 0.15) is 48.5 Å². The van der Waals surface area contributed by atoms with E-state index in [1.165, 1.54) is 0 Å². The zero-order chi connectivity index (χ0) is 19.6. The van der Waals surface area contributed by atoms with Crippen molar-refractivity contribution < 1.29 is 24.5 Å². The number of carbonyl (C=O) groups is 2. The quantitative estimate of drug-likeness (QED) is 0.529. The van der Waals surface area contributed by atoms with Crippen molar-refractivity contribution in [3.8, 4) is 0 Å². The van der Waals surface area contributed by atoms with Crippen LogP contribution in [0.3, 0.4) is 0 Å². The third-order valence-electron chi connectivity index (χ3n) is 4.55. The Balaban J connectivity index is 1.74. The Kier molecular flexibility index (Phi) is 9.10. The highest BCUT2D eigenvalue weighted by Crippen LogP contribution is 2.29. The van der Waals surface area contributed by atoms with Gasteiger partial charge >= 0.3 is 5.97 Å². The lowest BCUT2D eigenvalue weighted by molar-refractivity contribution is -0.128. The third kappa shape index (κ3) is 7.16. The molecule has 0 bridgehead atoms. The molecule has 0 saturated carbocycles. The number of carbonyl (C=O) groups excluding carboxylic acids is 1. The number of rotatable bonds is 12. The number of benzene rings is 1. The number of carboxylic acids is 1. The van der Waals surface area contributed by atoms with Crippen molar-refractivity contribution in [2.75, 3.05) is 25.5 Å². The standard InChI is InChI=1S/C20H29NO5S/c1-2-12-26-13-17(22)10-11-21-18(23)14-27-19(21)5-3-4-15-6-8-16(9-7-15)20(24)25/h6-9,17,19,22H,2-5,10-14H2,1H3,(H,24,25). The van der Waals surface area contributed by atoms with Crippen LogP contribution in [0.15, 0.2) is 24.3 Å². The molecule has 7 heteroatoms. The molecule has 0 aromatic heterocycles. The summed E-state index contributed by atoms with van der Waals surface area (Å²) >= 11 is 1.66. The highest BCUT2D eigenvalue weighted by Gasteiger charge is 2.31. The monoisotopic (exact) mass is 395 g/mol. The Labute approximate surface area is 164 Å². The van der Waals surface area contributed by atoms with Gasteiger partial charge < -0.3 is 19.8 Å². The smallest absolute Gasteiger partial charge is 0.335 e. The predicted molar refractivity (Wildman–Crippen MR) is 106 cm³/mol. The molecular formula is C20H29NO5S. The second-order valence-corrected chi connectivity index (χ2v) is 7.93. The lowest BCUT2D eigenvalue weighted by Gasteiger charge is -2.25. The molecule has 1 aliphatic heterocycles. The molecule has 2 N–H and O–H groups in total. The van der Waals surface area contributed by atoms with Crippen molar-refractivity contribution in [2.45, 2.75) is 50.5 Å². The average molecular weight is 396 g/mol. The molecule has 0 aliphatic carbocycles. The van der Waals surface area contributed by atoms with Crippen LogP contribution in [0.5, 0.6) is 0 Å². The second-order valence-electron chi connectivity index (χ2n) is 6.76. The van der Waals surface area contributed by atoms with Gasteiger partial charge in [-0.1, -0.05) is 19.1 Å². The summed E-state index contributed by atoms with van der Waals surface area (Å²) in [6.07, 6.45) is 3.59. The number of ether oxygens (including phenoxy) is 1. The van der Waals surface area contributed by atoms with Crippen molar-refractivity contribution in [2.24, 2.45) is 0 Å². The van der Waals surface area contributed by atoms with Gasteiger partial charge in [-0.2, -0.15) is 0 Å². The maximum Gasteiger partial charge on any atom is 0.335 e. The van der Waals surface area contributed by atoms with Gasteiger partial charge in [-0.05, 0) is 49.8 Å². The molecule has 1 aliphatic rings. The largest absolute Gasteiger partial charge is 0.478 e. The molecule has 0 spiro atoms. The van der Waals surface area contributed by atoms with Crippen LogP contribution in [0.4, 0.5) is 0 Å². The zero-order valence-electron chi connectivity index (χ0n) is 15.8. The number of hydrogen-bond donors (Lipinski definition) is 2. The Morgan fingerprint density at radius 1 is 1.37 bits per heavy atom. The number of aliphatic hydroxyl groups is 1. The first kappa shape index (κ1) is 21.7. The number of nitrogens with zero attached hydrogens (tertiary/aromatic N) is 1. The summed E-state index contributed by atoms with van der Waals surface area (Å²) < 4.78 is 5.36. The number of hydrogen-bond acceptors (Lipinski definition) is 5. The number of carboxylic acid groups (broad SMARTS) is 1. The Morgan fingerprint density at radius 3 is 2.78 bits per heavy atom. The minimum Gasteiger partial charge on any atom is -0.478 e. The normalized spacial score (nSPS) is 18.1. The van der Waals surface area contributed by atoms with Gasteiger partial charge in [-0.15, -0.1) is 11.8 Å². The summed E-state index contributed by atoms with van der Waals surface area (Å²) in [4.78, 5) is 24.9. The van der Waals surface area contributed by atoms with Gasteiger partial charge in [-0.25, -0.2) is 4.79 Å². The molecule has 1 heterocycles. The van der Waals surface area contributed by atoms with Gasteiger partial charge in [0.25, 0.3) is 0 Å². The maximum atomic E-state index is 12.1. The van der Waals surface area contributed by atoms with Gasteiger partial charge in [0.05, 0.1) is 29.4 Å². The molecule has 27 heavy (non-hydrogen) atoms. The Hall–Kier alpha value is -1.57. The summed E-state index contributed by atoms with van der Waals surface area (Å²) in [5.74, 6) is -0.279. The van der Waals surface area contributed by atoms with Crippen molar-refractivity contribution in [3.63, 3.8) is 0 Å². The van der Waals surface area contributed by atoms with E-state index in [9.17, 15) is 14.7 Å². The van der Waals surface area contributed by atoms with E-state index in [4.69, 9.17) is 9.84 Å². The van der Waals surface area contributed by atoms with E-state index in [1.54, 1.807) is 23.9 Å². The Bertz CT molecular complexity index is 607. The minimum atomic E-state index is -0.916. The fourth-order valence-electron chi connectivity index (χ4n) is 3.04. The molecule has 2 unspecified atom stereocenters. The summed E-state index contributed by atoms with van der Waals surface area (Å²) in [5.41, 5.74) is 1.40. The van der Waals surface area contributed by atoms with Gasteiger partial charge in [0.2, 0.25) is 5.91 Å². The maximum absolute atomic E-state index is 12.1. The molecule has 2 rings (SSSR count). The number of aliphatic hydroxyl groups excluding tert-OH is 1. The topological polar surface area (TPSA) is 87.1 Å². The van der Waals surface area contributed by atoms with Gasteiger partial charge in [0.1, 0.15) is 0 Å². The minimum absolute atomic E-state index is 0.137. The second kappa shape index (κ2) is 11.3. The van der Waals surface area contributed by atoms with Crippen LogP contribution in [-0.2, 0) is 16.0 Å². The highest BCUT2D eigenvalue weighted by atomic mass is 32.2. The van der Waals surface area contributed by atoms with E-state index < -0.39 is 12.1 Å². The summed E-state index contributed by atoms with van der Waals surface area (Å²) in [7, 11) is 0. The van der Waals surface area contributed by atoms with E-state index in [0.717, 1.165) is 31.2 Å². The van der Waals surface area contributed by atoms with Crippen molar-refractivity contribution in [3.05, 3.63) is 35.4 Å². The Morgan fingerprint density at radius 2 is 2.11 bits per heavy atom. The summed E-state index contributed by atoms with van der Waals surface area (Å²) in [6.45, 7) is 3.55. The lowest BCUT2D eigenvalue weighted by atomic mass is 10.1. The first-order chi connectivity index (χ1) is 13.0. The van der Waals surface area contributed by atoms with E-state index in [0.29, 0.717) is 37.5 Å². The highest BCUT2D eigenvalue weighted by molar-refractivity contribution is 8.00. The molecule has 1 fully saturated rings. The molecule has 6 nitrogen and oxygen atoms in total. The summed E-state index contributed by atoms with van der Waals surface area (Å²) in [5, 5.41) is 19.1. The van der Waals surface area contributed by atoms with Gasteiger partial charge in [0, 0.05) is 13.2 Å². The van der Waals surface area contributed by atoms with Crippen LogP contribution < -0.4 is 0 Å². The molecule has 1 saturated heterocycles. The number of amides is 1. The lowest BCUT2D eigenvalue weighted by Crippen LogP contribution is -2.36. The number of aromatic carboxylic acids is 1. The van der Waals surface area contributed by atoms with E-state index in [-0.39, 0.29) is 11.3 Å². The summed E-state index contributed by atoms with van der Waals surface area (Å²) in [6, 6.07) is 6.95. The van der Waals surface area contributed by atoms with Crippen LogP contribution >= 0.6 is 11.8 Å². The predicted octanol–water partition coefficient (Wildman–Crippen LogP) is 2.79. The van der Waals surface area contributed by atoms with Crippen LogP contribution in [0, 0.1) is 0 Å². The van der Waals surface area contributed by atoms with Crippen molar-refractivity contribution >= 4 is 23.6 Å². The third-order valence-corrected chi connectivity index (χ3v) is 5.84. The SMILES string of the molecule is CCCOCC(O)CCN1C(=O)CSC1CCCc1ccc(C(=O)O)cc1. The molecule has 0 radical (unpaired) electrons. The average Bonchev–Trinajstić information content (AvgIpc) is 3.00. The van der Waals surface area contributed by atoms with Crippen LogP contribution in [0.25, 0.3) is 0 Å². The molecule has 1 aromatic rings. The zero-order valence-corrected chi connectivity index (χ0v) is 16.6. The van der Waals surface area contributed by atoms with Crippen molar-refractivity contribution in [1.29, 1.82) is 0 Å². The molecular weight excluding hydrogens is 366 g/mol. The van der Waals surface area contributed by atoms with E-state index >= 15 is 0 Å².